The molecular formula is C11H13ClN2O2S. The number of halogens is 1. The van der Waals surface area contributed by atoms with Gasteiger partial charge in [0, 0.05) is 23.4 Å². The molecule has 0 radical (unpaired) electrons. The summed E-state index contributed by atoms with van der Waals surface area (Å²) in [4.78, 5) is 22.6. The zero-order chi connectivity index (χ0) is 12.8. The van der Waals surface area contributed by atoms with E-state index >= 15 is 0 Å². The molecule has 1 aromatic rings. The van der Waals surface area contributed by atoms with Crippen molar-refractivity contribution in [2.45, 2.75) is 13.0 Å². The fourth-order valence-electron chi connectivity index (χ4n) is 1.20. The molecule has 0 aliphatic carbocycles. The first-order chi connectivity index (χ1) is 8.02. The first-order valence-electron chi connectivity index (χ1n) is 4.97. The lowest BCUT2D eigenvalue weighted by Gasteiger charge is -2.15. The van der Waals surface area contributed by atoms with Crippen molar-refractivity contribution < 1.29 is 9.59 Å². The summed E-state index contributed by atoms with van der Waals surface area (Å²) < 4.78 is 0. The Kier molecular flexibility index (Phi) is 5.31. The van der Waals surface area contributed by atoms with Crippen LogP contribution in [0.2, 0.25) is 5.02 Å². The fraction of sp³-hybridized carbons (Fsp3) is 0.273. The maximum Gasteiger partial charge on any atom is 0.247 e. The highest BCUT2D eigenvalue weighted by molar-refractivity contribution is 7.80. The number of anilines is 1. The summed E-state index contributed by atoms with van der Waals surface area (Å²) in [7, 11) is 0. The smallest absolute Gasteiger partial charge is 0.247 e. The summed E-state index contributed by atoms with van der Waals surface area (Å²) in [5, 5.41) is 5.76. The topological polar surface area (TPSA) is 58.2 Å². The van der Waals surface area contributed by atoms with Gasteiger partial charge >= 0.3 is 0 Å². The molecule has 0 unspecified atom stereocenters. The van der Waals surface area contributed by atoms with Crippen LogP contribution in [0.5, 0.6) is 0 Å². The Morgan fingerprint density at radius 2 is 1.94 bits per heavy atom. The third-order valence-corrected chi connectivity index (χ3v) is 2.61. The van der Waals surface area contributed by atoms with E-state index in [2.05, 4.69) is 23.3 Å². The maximum absolute atomic E-state index is 11.8. The van der Waals surface area contributed by atoms with Gasteiger partial charge in [-0.15, -0.1) is 0 Å². The molecule has 1 rings (SSSR count). The predicted octanol–water partition coefficient (Wildman–Crippen LogP) is 1.71. The Morgan fingerprint density at radius 1 is 1.35 bits per heavy atom. The number of benzene rings is 1. The Bertz CT molecular complexity index is 408. The minimum absolute atomic E-state index is 0.235. The highest BCUT2D eigenvalue weighted by atomic mass is 35.5. The highest BCUT2D eigenvalue weighted by Crippen LogP contribution is 2.13. The van der Waals surface area contributed by atoms with Crippen LogP contribution in [0.4, 0.5) is 5.69 Å². The van der Waals surface area contributed by atoms with Gasteiger partial charge in [0.05, 0.1) is 0 Å². The van der Waals surface area contributed by atoms with E-state index in [0.717, 1.165) is 0 Å². The summed E-state index contributed by atoms with van der Waals surface area (Å²) in [6, 6.07) is 6.07. The molecule has 1 aromatic carbocycles. The van der Waals surface area contributed by atoms with Crippen molar-refractivity contribution in [1.29, 1.82) is 0 Å². The van der Waals surface area contributed by atoms with Gasteiger partial charge in [-0.05, 0) is 24.3 Å². The molecule has 0 bridgehead atoms. The lowest BCUT2D eigenvalue weighted by molar-refractivity contribution is -0.124. The minimum Gasteiger partial charge on any atom is -0.344 e. The van der Waals surface area contributed by atoms with Crippen LogP contribution in [0.15, 0.2) is 24.3 Å². The minimum atomic E-state index is -0.647. The largest absolute Gasteiger partial charge is 0.344 e. The van der Waals surface area contributed by atoms with E-state index in [-0.39, 0.29) is 17.6 Å². The van der Waals surface area contributed by atoms with Crippen molar-refractivity contribution in [1.82, 2.24) is 5.32 Å². The molecule has 0 saturated heterocycles. The molecule has 0 heterocycles. The number of carbonyl (C=O) groups is 2. The first-order valence-corrected chi connectivity index (χ1v) is 5.98. The van der Waals surface area contributed by atoms with Gasteiger partial charge in [-0.2, -0.15) is 12.6 Å². The summed E-state index contributed by atoms with van der Waals surface area (Å²) in [5.41, 5.74) is 0.622. The van der Waals surface area contributed by atoms with Gasteiger partial charge in [-0.1, -0.05) is 11.6 Å². The summed E-state index contributed by atoms with van der Waals surface area (Å²) in [6.07, 6.45) is 0. The molecule has 0 fully saturated rings. The van der Waals surface area contributed by atoms with Crippen molar-refractivity contribution in [3.05, 3.63) is 29.3 Å². The summed E-state index contributed by atoms with van der Waals surface area (Å²) in [5.74, 6) is -0.341. The van der Waals surface area contributed by atoms with Crippen molar-refractivity contribution >= 4 is 41.7 Å². The maximum atomic E-state index is 11.8. The second-order valence-electron chi connectivity index (χ2n) is 3.43. The van der Waals surface area contributed by atoms with E-state index < -0.39 is 6.04 Å². The Hall–Kier alpha value is -1.20. The Labute approximate surface area is 110 Å². The van der Waals surface area contributed by atoms with Gasteiger partial charge in [0.25, 0.3) is 0 Å². The molecule has 17 heavy (non-hydrogen) atoms. The SMILES string of the molecule is CC(=O)N[C@@H](CS)C(=O)Nc1ccc(Cl)cc1. The fourth-order valence-corrected chi connectivity index (χ4v) is 1.59. The molecule has 0 saturated carbocycles. The van der Waals surface area contributed by atoms with Gasteiger partial charge in [0.1, 0.15) is 6.04 Å². The van der Waals surface area contributed by atoms with Crippen LogP contribution in [0, 0.1) is 0 Å². The quantitative estimate of drug-likeness (QED) is 0.731. The van der Waals surface area contributed by atoms with Crippen molar-refractivity contribution in [2.75, 3.05) is 11.1 Å². The van der Waals surface area contributed by atoms with Gasteiger partial charge in [0.2, 0.25) is 11.8 Å². The Balaban J connectivity index is 2.63. The average Bonchev–Trinajstić information content (AvgIpc) is 2.28. The number of hydrogen-bond acceptors (Lipinski definition) is 3. The van der Waals surface area contributed by atoms with E-state index in [1.54, 1.807) is 24.3 Å². The molecule has 0 aromatic heterocycles. The number of amides is 2. The van der Waals surface area contributed by atoms with Crippen LogP contribution >= 0.6 is 24.2 Å². The molecule has 0 aliphatic rings. The normalized spacial score (nSPS) is 11.7. The van der Waals surface area contributed by atoms with E-state index in [0.29, 0.717) is 10.7 Å². The molecule has 92 valence electrons. The molecule has 4 nitrogen and oxygen atoms in total. The van der Waals surface area contributed by atoms with E-state index in [9.17, 15) is 9.59 Å². The van der Waals surface area contributed by atoms with Crippen LogP contribution in [0.1, 0.15) is 6.92 Å². The monoisotopic (exact) mass is 272 g/mol. The van der Waals surface area contributed by atoms with Crippen molar-refractivity contribution in [3.63, 3.8) is 0 Å². The third kappa shape index (κ3) is 4.66. The second-order valence-corrected chi connectivity index (χ2v) is 4.23. The Morgan fingerprint density at radius 3 is 2.41 bits per heavy atom. The summed E-state index contributed by atoms with van der Waals surface area (Å²) >= 11 is 9.74. The van der Waals surface area contributed by atoms with Gasteiger partial charge in [-0.25, -0.2) is 0 Å². The van der Waals surface area contributed by atoms with E-state index in [1.165, 1.54) is 6.92 Å². The number of nitrogens with one attached hydrogen (secondary N) is 2. The van der Waals surface area contributed by atoms with E-state index in [4.69, 9.17) is 11.6 Å². The standard InChI is InChI=1S/C11H13ClN2O2S/c1-7(15)13-10(6-17)11(16)14-9-4-2-8(12)3-5-9/h2-5,10,17H,6H2,1H3,(H,13,15)(H,14,16)/t10-/m0/s1. The van der Waals surface area contributed by atoms with Crippen molar-refractivity contribution in [2.24, 2.45) is 0 Å². The van der Waals surface area contributed by atoms with E-state index in [1.807, 2.05) is 0 Å². The summed E-state index contributed by atoms with van der Waals surface area (Å²) in [6.45, 7) is 1.35. The molecule has 2 amide bonds. The molecule has 2 N–H and O–H groups in total. The first kappa shape index (κ1) is 13.9. The van der Waals surface area contributed by atoms with Gasteiger partial charge < -0.3 is 10.6 Å². The number of hydrogen-bond donors (Lipinski definition) is 3. The second kappa shape index (κ2) is 6.51. The molecule has 0 aliphatic heterocycles. The van der Waals surface area contributed by atoms with Crippen molar-refractivity contribution in [3.8, 4) is 0 Å². The molecular weight excluding hydrogens is 260 g/mol. The van der Waals surface area contributed by atoms with Gasteiger partial charge in [0.15, 0.2) is 0 Å². The van der Waals surface area contributed by atoms with Crippen LogP contribution in [-0.4, -0.2) is 23.6 Å². The zero-order valence-electron chi connectivity index (χ0n) is 9.24. The highest BCUT2D eigenvalue weighted by Gasteiger charge is 2.17. The van der Waals surface area contributed by atoms with Gasteiger partial charge in [-0.3, -0.25) is 9.59 Å². The average molecular weight is 273 g/mol. The molecule has 0 spiro atoms. The number of rotatable bonds is 4. The molecule has 6 heteroatoms. The lowest BCUT2D eigenvalue weighted by atomic mass is 10.2. The molecule has 1 atom stereocenters. The zero-order valence-corrected chi connectivity index (χ0v) is 10.9. The van der Waals surface area contributed by atoms with Crippen LogP contribution in [0.25, 0.3) is 0 Å². The van der Waals surface area contributed by atoms with Crippen LogP contribution < -0.4 is 10.6 Å². The lowest BCUT2D eigenvalue weighted by Crippen LogP contribution is -2.44. The van der Waals surface area contributed by atoms with Crippen LogP contribution in [0.3, 0.4) is 0 Å². The number of carbonyl (C=O) groups excluding carboxylic acids is 2. The predicted molar refractivity (Wildman–Crippen MR) is 71.5 cm³/mol. The van der Waals surface area contributed by atoms with Crippen LogP contribution in [-0.2, 0) is 9.59 Å². The third-order valence-electron chi connectivity index (χ3n) is 1.99. The number of thiol groups is 1.